The summed E-state index contributed by atoms with van der Waals surface area (Å²) in [7, 11) is 0. The average molecular weight is 340 g/mol. The number of hydrogen-bond acceptors (Lipinski definition) is 9. The molecule has 23 heavy (non-hydrogen) atoms. The highest BCUT2D eigenvalue weighted by atomic mass is 32.2. The largest absolute Gasteiger partial charge is 0.460 e. The Hall–Kier alpha value is -1.58. The van der Waals surface area contributed by atoms with Gasteiger partial charge in [-0.05, 0) is 6.42 Å². The van der Waals surface area contributed by atoms with Gasteiger partial charge in [-0.2, -0.15) is 4.98 Å². The Kier molecular flexibility index (Phi) is 4.60. The molecule has 0 radical (unpaired) electrons. The van der Waals surface area contributed by atoms with Gasteiger partial charge < -0.3 is 25.2 Å². The number of rotatable bonds is 4. The smallest absolute Gasteiger partial charge is 0.302 e. The molecule has 9 heteroatoms. The van der Waals surface area contributed by atoms with Gasteiger partial charge in [0.15, 0.2) is 12.0 Å². The monoisotopic (exact) mass is 340 g/mol. The molecule has 2 aliphatic rings. The number of aromatic nitrogens is 2. The molecule has 0 aromatic carbocycles. The summed E-state index contributed by atoms with van der Waals surface area (Å²) in [5, 5.41) is 10.4. The fraction of sp³-hybridized carbons (Fsp3) is 0.643. The van der Waals surface area contributed by atoms with Gasteiger partial charge in [0.05, 0.1) is 16.9 Å². The Labute approximate surface area is 138 Å². The first-order valence-electron chi connectivity index (χ1n) is 7.52. The summed E-state index contributed by atoms with van der Waals surface area (Å²) in [5.41, 5.74) is 5.66. The van der Waals surface area contributed by atoms with E-state index in [0.717, 1.165) is 4.90 Å². The van der Waals surface area contributed by atoms with Crippen LogP contribution < -0.4 is 10.6 Å². The van der Waals surface area contributed by atoms with E-state index in [1.807, 2.05) is 11.8 Å². The number of carbonyl (C=O) groups is 1. The topological polar surface area (TPSA) is 111 Å². The number of nitrogen functional groups attached to an aromatic ring is 1. The molecule has 3 heterocycles. The van der Waals surface area contributed by atoms with Crippen molar-refractivity contribution in [2.24, 2.45) is 0 Å². The van der Waals surface area contributed by atoms with Crippen LogP contribution in [-0.2, 0) is 14.3 Å². The third-order valence-corrected chi connectivity index (χ3v) is 4.95. The molecule has 3 rings (SSSR count). The van der Waals surface area contributed by atoms with Crippen molar-refractivity contribution in [3.05, 3.63) is 6.20 Å². The van der Waals surface area contributed by atoms with Crippen LogP contribution in [0, 0.1) is 0 Å². The van der Waals surface area contributed by atoms with Gasteiger partial charge in [0.2, 0.25) is 5.95 Å². The maximum absolute atomic E-state index is 11.2. The van der Waals surface area contributed by atoms with Crippen molar-refractivity contribution >= 4 is 29.5 Å². The van der Waals surface area contributed by atoms with Gasteiger partial charge in [-0.1, -0.05) is 18.7 Å². The lowest BCUT2D eigenvalue weighted by Crippen LogP contribution is -2.41. The van der Waals surface area contributed by atoms with Crippen molar-refractivity contribution in [1.82, 2.24) is 9.97 Å². The Morgan fingerprint density at radius 3 is 3.17 bits per heavy atom. The molecule has 126 valence electrons. The molecule has 0 bridgehead atoms. The van der Waals surface area contributed by atoms with Gasteiger partial charge in [-0.15, -0.1) is 0 Å². The van der Waals surface area contributed by atoms with Gasteiger partial charge in [0.25, 0.3) is 0 Å². The van der Waals surface area contributed by atoms with Crippen molar-refractivity contribution in [2.45, 2.75) is 56.1 Å². The minimum Gasteiger partial charge on any atom is -0.460 e. The summed E-state index contributed by atoms with van der Waals surface area (Å²) in [6, 6.07) is 0. The molecule has 0 spiro atoms. The highest BCUT2D eigenvalue weighted by molar-refractivity contribution is 7.99. The second-order valence-electron chi connectivity index (χ2n) is 5.58. The van der Waals surface area contributed by atoms with Crippen molar-refractivity contribution in [1.29, 1.82) is 0 Å². The van der Waals surface area contributed by atoms with E-state index in [2.05, 4.69) is 9.97 Å². The molecule has 0 unspecified atom stereocenters. The van der Waals surface area contributed by atoms with Crippen molar-refractivity contribution in [3.63, 3.8) is 0 Å². The summed E-state index contributed by atoms with van der Waals surface area (Å²) in [6.45, 7) is 3.30. The number of hydrogen-bond donors (Lipinski definition) is 2. The summed E-state index contributed by atoms with van der Waals surface area (Å²) in [6.07, 6.45) is 0.793. The number of aliphatic hydroxyl groups excluding tert-OH is 1. The van der Waals surface area contributed by atoms with E-state index >= 15 is 0 Å². The molecule has 1 saturated heterocycles. The van der Waals surface area contributed by atoms with Gasteiger partial charge in [0, 0.05) is 19.5 Å². The minimum absolute atomic E-state index is 0.187. The summed E-state index contributed by atoms with van der Waals surface area (Å²) >= 11 is 1.57. The fourth-order valence-electron chi connectivity index (χ4n) is 2.91. The van der Waals surface area contributed by atoms with E-state index in [0.29, 0.717) is 24.5 Å². The second kappa shape index (κ2) is 6.50. The lowest BCUT2D eigenvalue weighted by molar-refractivity contribution is -0.154. The van der Waals surface area contributed by atoms with Crippen LogP contribution in [0.25, 0.3) is 0 Å². The first-order valence-corrected chi connectivity index (χ1v) is 8.50. The van der Waals surface area contributed by atoms with E-state index < -0.39 is 12.3 Å². The van der Waals surface area contributed by atoms with Gasteiger partial charge in [0.1, 0.15) is 12.2 Å². The van der Waals surface area contributed by atoms with E-state index in [4.69, 9.17) is 15.2 Å². The minimum atomic E-state index is -0.688. The molecule has 1 aromatic heterocycles. The number of aliphatic hydroxyl groups is 1. The van der Waals surface area contributed by atoms with E-state index in [1.54, 1.807) is 18.0 Å². The standard InChI is InChI=1S/C14H20N4O4S/c1-3-9(21-7(2)19)10-4-8(20)13(22-10)18-6-23-11-5-16-14(15)17-12(11)18/h5,8-10,13,20H,3-4,6H2,1-2H3,(H2,15,16,17)/t8-,9+,10+,13-/m1/s1. The van der Waals surface area contributed by atoms with Crippen LogP contribution in [0.1, 0.15) is 26.7 Å². The number of anilines is 2. The average Bonchev–Trinajstić information content (AvgIpc) is 3.07. The van der Waals surface area contributed by atoms with Gasteiger partial charge in [-0.3, -0.25) is 4.79 Å². The molecule has 8 nitrogen and oxygen atoms in total. The molecule has 4 atom stereocenters. The number of fused-ring (bicyclic) bond motifs is 1. The van der Waals surface area contributed by atoms with Crippen LogP contribution in [0.3, 0.4) is 0 Å². The molecule has 2 aliphatic heterocycles. The zero-order valence-corrected chi connectivity index (χ0v) is 13.8. The van der Waals surface area contributed by atoms with Crippen LogP contribution in [0.5, 0.6) is 0 Å². The van der Waals surface area contributed by atoms with E-state index in [1.165, 1.54) is 6.92 Å². The highest BCUT2D eigenvalue weighted by Gasteiger charge is 2.44. The highest BCUT2D eigenvalue weighted by Crippen LogP contribution is 2.41. The van der Waals surface area contributed by atoms with Crippen LogP contribution in [0.2, 0.25) is 0 Å². The zero-order chi connectivity index (χ0) is 16.6. The number of nitrogens with two attached hydrogens (primary N) is 1. The van der Waals surface area contributed by atoms with Gasteiger partial charge in [-0.25, -0.2) is 4.98 Å². The Bertz CT molecular complexity index is 602. The molecular formula is C14H20N4O4S. The first kappa shape index (κ1) is 16.3. The maximum Gasteiger partial charge on any atom is 0.302 e. The molecule has 3 N–H and O–H groups in total. The molecule has 0 aliphatic carbocycles. The van der Waals surface area contributed by atoms with Crippen LogP contribution in [0.4, 0.5) is 11.8 Å². The SMILES string of the molecule is CC[C@H](OC(C)=O)[C@@H]1C[C@@H](O)[C@H](N2CSc3cnc(N)nc32)O1. The Morgan fingerprint density at radius 1 is 1.70 bits per heavy atom. The first-order chi connectivity index (χ1) is 11.0. The van der Waals surface area contributed by atoms with Gasteiger partial charge >= 0.3 is 5.97 Å². The Morgan fingerprint density at radius 2 is 2.48 bits per heavy atom. The number of thioether (sulfide) groups is 1. The summed E-state index contributed by atoms with van der Waals surface area (Å²) < 4.78 is 11.3. The van der Waals surface area contributed by atoms with Crippen LogP contribution >= 0.6 is 11.8 Å². The van der Waals surface area contributed by atoms with E-state index in [9.17, 15) is 9.90 Å². The predicted molar refractivity (Wildman–Crippen MR) is 84.8 cm³/mol. The third-order valence-electron chi connectivity index (χ3n) is 3.94. The lowest BCUT2D eigenvalue weighted by atomic mass is 10.1. The fourth-order valence-corrected chi connectivity index (χ4v) is 3.88. The number of ether oxygens (including phenoxy) is 2. The predicted octanol–water partition coefficient (Wildman–Crippen LogP) is 0.746. The maximum atomic E-state index is 11.2. The molecule has 1 fully saturated rings. The Balaban J connectivity index is 1.75. The van der Waals surface area contributed by atoms with Crippen molar-refractivity contribution < 1.29 is 19.4 Å². The third kappa shape index (κ3) is 3.22. The number of esters is 1. The summed E-state index contributed by atoms with van der Waals surface area (Å²) in [5.74, 6) is 1.12. The number of nitrogens with zero attached hydrogens (tertiary/aromatic N) is 3. The molecule has 0 saturated carbocycles. The second-order valence-corrected chi connectivity index (χ2v) is 6.57. The quantitative estimate of drug-likeness (QED) is 0.767. The molecule has 1 aromatic rings. The zero-order valence-electron chi connectivity index (χ0n) is 13.0. The molecular weight excluding hydrogens is 320 g/mol. The van der Waals surface area contributed by atoms with Crippen molar-refractivity contribution in [3.8, 4) is 0 Å². The van der Waals surface area contributed by atoms with Crippen LogP contribution in [-0.4, -0.2) is 51.5 Å². The van der Waals surface area contributed by atoms with E-state index in [-0.39, 0.29) is 24.1 Å². The van der Waals surface area contributed by atoms with Crippen LogP contribution in [0.15, 0.2) is 11.1 Å². The molecule has 0 amide bonds. The number of carbonyl (C=O) groups excluding carboxylic acids is 1. The lowest BCUT2D eigenvalue weighted by Gasteiger charge is -2.28. The summed E-state index contributed by atoms with van der Waals surface area (Å²) in [4.78, 5) is 22.2. The normalized spacial score (nSPS) is 27.8. The van der Waals surface area contributed by atoms with Crippen molar-refractivity contribution in [2.75, 3.05) is 16.5 Å².